The molecule has 1 N–H and O–H groups in total. The maximum Gasteiger partial charge on any atom is 0.126 e. The highest BCUT2D eigenvalue weighted by Crippen LogP contribution is 2.14. The molecule has 1 aromatic rings. The van der Waals surface area contributed by atoms with Gasteiger partial charge in [0.15, 0.2) is 0 Å². The van der Waals surface area contributed by atoms with Gasteiger partial charge in [0.1, 0.15) is 17.7 Å². The summed E-state index contributed by atoms with van der Waals surface area (Å²) >= 11 is 0. The maximum absolute atomic E-state index is 12.7. The molecule has 0 aliphatic carbocycles. The van der Waals surface area contributed by atoms with Crippen molar-refractivity contribution in [2.45, 2.75) is 6.04 Å². The summed E-state index contributed by atoms with van der Waals surface area (Å²) in [7, 11) is 1.55. The highest BCUT2D eigenvalue weighted by molar-refractivity contribution is 5.25. The first-order valence-corrected chi connectivity index (χ1v) is 3.70. The van der Waals surface area contributed by atoms with Gasteiger partial charge in [0.25, 0.3) is 0 Å². The Labute approximate surface area is 74.8 Å². The third-order valence-corrected chi connectivity index (χ3v) is 1.64. The minimum Gasteiger partial charge on any atom is -0.301 e. The number of halogens is 2. The van der Waals surface area contributed by atoms with Crippen LogP contribution in [-0.2, 0) is 0 Å². The summed E-state index contributed by atoms with van der Waals surface area (Å²) in [6, 6.07) is 4.24. The second-order valence-electron chi connectivity index (χ2n) is 2.55. The lowest BCUT2D eigenvalue weighted by molar-refractivity contribution is 0.574. The highest BCUT2D eigenvalue weighted by atomic mass is 19.1. The number of rotatable bonds is 2. The normalized spacial score (nSPS) is 12.2. The largest absolute Gasteiger partial charge is 0.301 e. The molecule has 68 valence electrons. The summed E-state index contributed by atoms with van der Waals surface area (Å²) in [6.45, 7) is 0. The van der Waals surface area contributed by atoms with E-state index in [4.69, 9.17) is 5.26 Å². The van der Waals surface area contributed by atoms with E-state index in [2.05, 4.69) is 5.32 Å². The van der Waals surface area contributed by atoms with Crippen LogP contribution in [0.1, 0.15) is 11.6 Å². The van der Waals surface area contributed by atoms with Gasteiger partial charge in [-0.1, -0.05) is 0 Å². The van der Waals surface area contributed by atoms with Gasteiger partial charge in [-0.25, -0.2) is 8.78 Å². The third kappa shape index (κ3) is 2.23. The monoisotopic (exact) mass is 182 g/mol. The van der Waals surface area contributed by atoms with Gasteiger partial charge in [-0.2, -0.15) is 5.26 Å². The van der Waals surface area contributed by atoms with E-state index < -0.39 is 17.7 Å². The van der Waals surface area contributed by atoms with Crippen molar-refractivity contribution in [2.75, 3.05) is 7.05 Å². The van der Waals surface area contributed by atoms with Gasteiger partial charge in [0, 0.05) is 6.07 Å². The summed E-state index contributed by atoms with van der Waals surface area (Å²) < 4.78 is 25.4. The lowest BCUT2D eigenvalue weighted by atomic mass is 10.1. The van der Waals surface area contributed by atoms with Crippen molar-refractivity contribution >= 4 is 0 Å². The lowest BCUT2D eigenvalue weighted by Crippen LogP contribution is -2.14. The molecule has 0 aromatic heterocycles. The average Bonchev–Trinajstić information content (AvgIpc) is 2.04. The SMILES string of the molecule is CNC(C#N)c1cc(F)cc(F)c1. The van der Waals surface area contributed by atoms with Crippen LogP contribution in [0.4, 0.5) is 8.78 Å². The second kappa shape index (κ2) is 3.97. The zero-order chi connectivity index (χ0) is 9.84. The van der Waals surface area contributed by atoms with Crippen molar-refractivity contribution in [1.82, 2.24) is 5.32 Å². The minimum atomic E-state index is -0.676. The summed E-state index contributed by atoms with van der Waals surface area (Å²) in [5, 5.41) is 11.2. The van der Waals surface area contributed by atoms with Crippen LogP contribution in [0.15, 0.2) is 18.2 Å². The van der Waals surface area contributed by atoms with E-state index >= 15 is 0 Å². The Morgan fingerprint density at radius 3 is 2.23 bits per heavy atom. The molecule has 0 fully saturated rings. The molecular formula is C9H8F2N2. The van der Waals surface area contributed by atoms with Crippen molar-refractivity contribution in [3.63, 3.8) is 0 Å². The Morgan fingerprint density at radius 1 is 1.31 bits per heavy atom. The van der Waals surface area contributed by atoms with Crippen LogP contribution in [0.5, 0.6) is 0 Å². The molecule has 1 rings (SSSR count). The molecule has 1 unspecified atom stereocenters. The topological polar surface area (TPSA) is 35.8 Å². The standard InChI is InChI=1S/C9H8F2N2/c1-13-9(5-12)6-2-7(10)4-8(11)3-6/h2-4,9,13H,1H3. The molecule has 13 heavy (non-hydrogen) atoms. The molecule has 0 saturated carbocycles. The van der Waals surface area contributed by atoms with Gasteiger partial charge in [-0.15, -0.1) is 0 Å². The molecule has 0 bridgehead atoms. The fourth-order valence-corrected chi connectivity index (χ4v) is 1.05. The molecule has 4 heteroatoms. The zero-order valence-corrected chi connectivity index (χ0v) is 7.01. The number of hydrogen-bond donors (Lipinski definition) is 1. The first kappa shape index (κ1) is 9.62. The third-order valence-electron chi connectivity index (χ3n) is 1.64. The summed E-state index contributed by atoms with van der Waals surface area (Å²) in [5.74, 6) is -1.35. The Morgan fingerprint density at radius 2 is 1.85 bits per heavy atom. The van der Waals surface area contributed by atoms with Crippen LogP contribution >= 0.6 is 0 Å². The van der Waals surface area contributed by atoms with E-state index in [-0.39, 0.29) is 0 Å². The Hall–Kier alpha value is -1.47. The number of hydrogen-bond acceptors (Lipinski definition) is 2. The molecule has 2 nitrogen and oxygen atoms in total. The summed E-state index contributed by atoms with van der Waals surface area (Å²) in [5.41, 5.74) is 0.294. The van der Waals surface area contributed by atoms with Crippen molar-refractivity contribution in [1.29, 1.82) is 5.26 Å². The van der Waals surface area contributed by atoms with Gasteiger partial charge < -0.3 is 5.32 Å². The second-order valence-corrected chi connectivity index (χ2v) is 2.55. The van der Waals surface area contributed by atoms with Gasteiger partial charge in [0.2, 0.25) is 0 Å². The smallest absolute Gasteiger partial charge is 0.126 e. The average molecular weight is 182 g/mol. The Kier molecular flexibility index (Phi) is 2.93. The van der Waals surface area contributed by atoms with Gasteiger partial charge in [0.05, 0.1) is 6.07 Å². The molecule has 0 saturated heterocycles. The number of nitrogens with one attached hydrogen (secondary N) is 1. The fourth-order valence-electron chi connectivity index (χ4n) is 1.05. The zero-order valence-electron chi connectivity index (χ0n) is 7.01. The van der Waals surface area contributed by atoms with Gasteiger partial charge >= 0.3 is 0 Å². The first-order valence-electron chi connectivity index (χ1n) is 3.70. The maximum atomic E-state index is 12.7. The highest BCUT2D eigenvalue weighted by Gasteiger charge is 2.09. The van der Waals surface area contributed by atoms with Crippen LogP contribution in [-0.4, -0.2) is 7.05 Å². The van der Waals surface area contributed by atoms with Crippen LogP contribution in [0.25, 0.3) is 0 Å². The van der Waals surface area contributed by atoms with E-state index in [1.165, 1.54) is 0 Å². The fraction of sp³-hybridized carbons (Fsp3) is 0.222. The quantitative estimate of drug-likeness (QED) is 0.756. The van der Waals surface area contributed by atoms with Crippen LogP contribution in [0.2, 0.25) is 0 Å². The molecule has 0 aliphatic heterocycles. The van der Waals surface area contributed by atoms with Crippen LogP contribution in [0, 0.1) is 23.0 Å². The Bertz CT molecular complexity index is 324. The molecule has 0 heterocycles. The van der Waals surface area contributed by atoms with E-state index in [1.807, 2.05) is 6.07 Å². The number of benzene rings is 1. The predicted molar refractivity (Wildman–Crippen MR) is 43.8 cm³/mol. The molecule has 0 radical (unpaired) electrons. The van der Waals surface area contributed by atoms with Crippen molar-refractivity contribution in [3.8, 4) is 6.07 Å². The first-order chi connectivity index (χ1) is 6.17. The molecule has 0 aliphatic rings. The molecular weight excluding hydrogens is 174 g/mol. The van der Waals surface area contributed by atoms with Crippen molar-refractivity contribution in [2.24, 2.45) is 0 Å². The summed E-state index contributed by atoms with van der Waals surface area (Å²) in [4.78, 5) is 0. The van der Waals surface area contributed by atoms with Crippen molar-refractivity contribution in [3.05, 3.63) is 35.4 Å². The molecule has 0 amide bonds. The van der Waals surface area contributed by atoms with Crippen LogP contribution < -0.4 is 5.32 Å². The molecule has 1 aromatic carbocycles. The van der Waals surface area contributed by atoms with E-state index in [1.54, 1.807) is 7.05 Å². The number of nitriles is 1. The van der Waals surface area contributed by atoms with Gasteiger partial charge in [-0.05, 0) is 24.7 Å². The minimum absolute atomic E-state index is 0.294. The van der Waals surface area contributed by atoms with E-state index in [0.29, 0.717) is 5.56 Å². The molecule has 0 spiro atoms. The van der Waals surface area contributed by atoms with E-state index in [9.17, 15) is 8.78 Å². The lowest BCUT2D eigenvalue weighted by Gasteiger charge is -2.07. The Balaban J connectivity index is 3.08. The van der Waals surface area contributed by atoms with Crippen LogP contribution in [0.3, 0.4) is 0 Å². The summed E-state index contributed by atoms with van der Waals surface area (Å²) in [6.07, 6.45) is 0. The van der Waals surface area contributed by atoms with Crippen molar-refractivity contribution < 1.29 is 8.78 Å². The van der Waals surface area contributed by atoms with E-state index in [0.717, 1.165) is 18.2 Å². The van der Waals surface area contributed by atoms with Gasteiger partial charge in [-0.3, -0.25) is 0 Å². The molecule has 1 atom stereocenters. The number of nitrogens with zero attached hydrogens (tertiary/aromatic N) is 1. The predicted octanol–water partition coefficient (Wildman–Crippen LogP) is 1.75.